The highest BCUT2D eigenvalue weighted by atomic mass is 16.2. The van der Waals surface area contributed by atoms with Crippen molar-refractivity contribution in [1.29, 1.82) is 0 Å². The van der Waals surface area contributed by atoms with Gasteiger partial charge in [0.25, 0.3) is 0 Å². The average molecular weight is 347 g/mol. The first-order valence-corrected chi connectivity index (χ1v) is 8.69. The molecule has 0 bridgehead atoms. The van der Waals surface area contributed by atoms with Crippen LogP contribution in [-0.4, -0.2) is 58.9 Å². The van der Waals surface area contributed by atoms with Crippen molar-refractivity contribution in [3.8, 4) is 0 Å². The lowest BCUT2D eigenvalue weighted by atomic mass is 9.85. The van der Waals surface area contributed by atoms with E-state index in [1.165, 1.54) is 5.56 Å². The van der Waals surface area contributed by atoms with Gasteiger partial charge in [-0.2, -0.15) is 0 Å². The summed E-state index contributed by atoms with van der Waals surface area (Å²) >= 11 is 0. The molecule has 3 N–H and O–H groups in total. The van der Waals surface area contributed by atoms with E-state index in [4.69, 9.17) is 5.73 Å². The van der Waals surface area contributed by atoms with Crippen molar-refractivity contribution in [1.82, 2.24) is 20.1 Å². The van der Waals surface area contributed by atoms with Gasteiger partial charge in [0.1, 0.15) is 6.04 Å². The molecule has 0 aromatic carbocycles. The highest BCUT2D eigenvalue weighted by Gasteiger charge is 2.36. The number of amides is 3. The molecule has 25 heavy (non-hydrogen) atoms. The second kappa shape index (κ2) is 7.82. The number of nitrogens with zero attached hydrogens (tertiary/aromatic N) is 3. The van der Waals surface area contributed by atoms with Crippen LogP contribution >= 0.6 is 0 Å². The first-order valence-electron chi connectivity index (χ1n) is 8.69. The summed E-state index contributed by atoms with van der Waals surface area (Å²) in [5, 5.41) is 2.60. The van der Waals surface area contributed by atoms with Gasteiger partial charge in [-0.3, -0.25) is 14.7 Å². The first kappa shape index (κ1) is 19.2. The minimum atomic E-state index is -0.669. The molecule has 7 nitrogen and oxygen atoms in total. The van der Waals surface area contributed by atoms with Crippen LogP contribution in [0.3, 0.4) is 0 Å². The predicted octanol–water partition coefficient (Wildman–Crippen LogP) is 1.37. The van der Waals surface area contributed by atoms with Crippen LogP contribution in [0.2, 0.25) is 0 Å². The van der Waals surface area contributed by atoms with Crippen molar-refractivity contribution < 1.29 is 9.59 Å². The lowest BCUT2D eigenvalue weighted by molar-refractivity contribution is -0.137. The third-order valence-corrected chi connectivity index (χ3v) is 4.74. The molecule has 1 aliphatic heterocycles. The molecule has 2 rings (SSSR count). The number of hydrogen-bond donors (Lipinski definition) is 2. The fraction of sp³-hybridized carbons (Fsp3) is 0.611. The Bertz CT molecular complexity index is 591. The number of hydrogen-bond acceptors (Lipinski definition) is 4. The zero-order valence-corrected chi connectivity index (χ0v) is 15.5. The van der Waals surface area contributed by atoms with Gasteiger partial charge in [-0.15, -0.1) is 0 Å². The van der Waals surface area contributed by atoms with Crippen LogP contribution in [0.15, 0.2) is 24.5 Å². The molecule has 1 aromatic heterocycles. The summed E-state index contributed by atoms with van der Waals surface area (Å²) in [5.74, 6) is -0.0695. The largest absolute Gasteiger partial charge is 0.352 e. The Hall–Kier alpha value is -2.15. The minimum absolute atomic E-state index is 0.0695. The van der Waals surface area contributed by atoms with Crippen LogP contribution in [0.4, 0.5) is 4.79 Å². The van der Waals surface area contributed by atoms with E-state index in [1.54, 1.807) is 6.20 Å². The molecule has 0 radical (unpaired) electrons. The Morgan fingerprint density at radius 1 is 1.24 bits per heavy atom. The highest BCUT2D eigenvalue weighted by molar-refractivity contribution is 5.87. The van der Waals surface area contributed by atoms with Crippen molar-refractivity contribution in [3.05, 3.63) is 30.1 Å². The maximum absolute atomic E-state index is 12.9. The quantitative estimate of drug-likeness (QED) is 0.860. The number of pyridine rings is 1. The molecule has 138 valence electrons. The van der Waals surface area contributed by atoms with E-state index in [1.807, 2.05) is 37.9 Å². The third kappa shape index (κ3) is 4.92. The van der Waals surface area contributed by atoms with Crippen molar-refractivity contribution >= 4 is 11.9 Å². The molecule has 0 aliphatic carbocycles. The van der Waals surface area contributed by atoms with E-state index in [2.05, 4.69) is 28.2 Å². The van der Waals surface area contributed by atoms with Crippen molar-refractivity contribution in [2.24, 2.45) is 11.1 Å². The van der Waals surface area contributed by atoms with Gasteiger partial charge in [0.05, 0.1) is 0 Å². The molecule has 1 fully saturated rings. The summed E-state index contributed by atoms with van der Waals surface area (Å²) in [4.78, 5) is 32.5. The number of nitrogens with two attached hydrogens (primary N) is 1. The van der Waals surface area contributed by atoms with E-state index < -0.39 is 17.5 Å². The number of aromatic nitrogens is 1. The van der Waals surface area contributed by atoms with Gasteiger partial charge in [0, 0.05) is 44.6 Å². The monoisotopic (exact) mass is 347 g/mol. The number of primary amides is 1. The normalized spacial score (nSPS) is 18.5. The zero-order chi connectivity index (χ0) is 18.6. The van der Waals surface area contributed by atoms with Crippen LogP contribution in [-0.2, 0) is 4.79 Å². The van der Waals surface area contributed by atoms with Crippen LogP contribution in [0.25, 0.3) is 0 Å². The molecule has 2 atom stereocenters. The van der Waals surface area contributed by atoms with Gasteiger partial charge in [-0.05, 0) is 24.0 Å². The lowest BCUT2D eigenvalue weighted by Gasteiger charge is -2.41. The summed E-state index contributed by atoms with van der Waals surface area (Å²) in [6.45, 7) is 10.8. The molecular weight excluding hydrogens is 318 g/mol. The highest BCUT2D eigenvalue weighted by Crippen LogP contribution is 2.24. The summed E-state index contributed by atoms with van der Waals surface area (Å²) in [5.41, 5.74) is 6.02. The zero-order valence-electron chi connectivity index (χ0n) is 15.5. The van der Waals surface area contributed by atoms with Gasteiger partial charge in [0.2, 0.25) is 5.91 Å². The number of carbonyl (C=O) groups is 2. The molecule has 1 saturated heterocycles. The molecule has 0 spiro atoms. The standard InChI is InChI=1S/C18H29N5O2/c1-13(14-6-5-7-20-12-14)22-8-10-23(11-9-22)16(24)15(18(2,3)4)21-17(19)25/h5-7,12-13,15H,8-11H2,1-4H3,(H3,19,21,25)/t13-,15+/m1/s1. The smallest absolute Gasteiger partial charge is 0.312 e. The topological polar surface area (TPSA) is 91.6 Å². The Kier molecular flexibility index (Phi) is 6.00. The molecule has 3 amide bonds. The number of urea groups is 1. The summed E-state index contributed by atoms with van der Waals surface area (Å²) in [7, 11) is 0. The number of nitrogens with one attached hydrogen (secondary N) is 1. The van der Waals surface area contributed by atoms with E-state index >= 15 is 0 Å². The van der Waals surface area contributed by atoms with Crippen LogP contribution in [0, 0.1) is 5.41 Å². The first-order chi connectivity index (χ1) is 11.7. The molecule has 2 heterocycles. The second-order valence-electron chi connectivity index (χ2n) is 7.63. The summed E-state index contributed by atoms with van der Waals surface area (Å²) < 4.78 is 0. The van der Waals surface area contributed by atoms with Gasteiger partial charge in [0.15, 0.2) is 0 Å². The third-order valence-electron chi connectivity index (χ3n) is 4.74. The van der Waals surface area contributed by atoms with E-state index in [0.717, 1.165) is 13.1 Å². The van der Waals surface area contributed by atoms with E-state index in [-0.39, 0.29) is 11.9 Å². The van der Waals surface area contributed by atoms with E-state index in [9.17, 15) is 9.59 Å². The molecule has 0 unspecified atom stereocenters. The fourth-order valence-electron chi connectivity index (χ4n) is 3.14. The number of carbonyl (C=O) groups excluding carboxylic acids is 2. The molecule has 0 saturated carbocycles. The fourth-order valence-corrected chi connectivity index (χ4v) is 3.14. The Balaban J connectivity index is 1.98. The van der Waals surface area contributed by atoms with Gasteiger partial charge in [-0.1, -0.05) is 26.8 Å². The predicted molar refractivity (Wildman–Crippen MR) is 96.8 cm³/mol. The van der Waals surface area contributed by atoms with Crippen LogP contribution < -0.4 is 11.1 Å². The Labute approximate surface area is 149 Å². The lowest BCUT2D eigenvalue weighted by Crippen LogP contribution is -2.59. The average Bonchev–Trinajstić information content (AvgIpc) is 2.58. The van der Waals surface area contributed by atoms with Gasteiger partial charge < -0.3 is 16.0 Å². The number of rotatable bonds is 4. The molecule has 7 heteroatoms. The second-order valence-corrected chi connectivity index (χ2v) is 7.63. The van der Waals surface area contributed by atoms with Crippen LogP contribution in [0.1, 0.15) is 39.3 Å². The van der Waals surface area contributed by atoms with Gasteiger partial charge in [-0.25, -0.2) is 4.79 Å². The SMILES string of the molecule is C[C@H](c1cccnc1)N1CCN(C(=O)[C@H](NC(N)=O)C(C)(C)C)CC1. The minimum Gasteiger partial charge on any atom is -0.352 e. The maximum Gasteiger partial charge on any atom is 0.312 e. The molecule has 1 aromatic rings. The number of piperazine rings is 1. The summed E-state index contributed by atoms with van der Waals surface area (Å²) in [6, 6.07) is 2.98. The molecule has 1 aliphatic rings. The molecular formula is C18H29N5O2. The summed E-state index contributed by atoms with van der Waals surface area (Å²) in [6.07, 6.45) is 3.65. The van der Waals surface area contributed by atoms with Crippen molar-refractivity contribution in [2.45, 2.75) is 39.8 Å². The van der Waals surface area contributed by atoms with Crippen molar-refractivity contribution in [2.75, 3.05) is 26.2 Å². The maximum atomic E-state index is 12.9. The van der Waals surface area contributed by atoms with Crippen LogP contribution in [0.5, 0.6) is 0 Å². The van der Waals surface area contributed by atoms with Gasteiger partial charge >= 0.3 is 6.03 Å². The Morgan fingerprint density at radius 3 is 2.36 bits per heavy atom. The van der Waals surface area contributed by atoms with E-state index in [0.29, 0.717) is 13.1 Å². The van der Waals surface area contributed by atoms with Crippen molar-refractivity contribution in [3.63, 3.8) is 0 Å². The Morgan fingerprint density at radius 2 is 1.88 bits per heavy atom.